The van der Waals surface area contributed by atoms with E-state index >= 15 is 0 Å². The van der Waals surface area contributed by atoms with Gasteiger partial charge >= 0.3 is 5.97 Å². The Morgan fingerprint density at radius 1 is 1.42 bits per heavy atom. The number of ether oxygens (including phenoxy) is 1. The lowest BCUT2D eigenvalue weighted by Crippen LogP contribution is -2.46. The Bertz CT molecular complexity index is 738. The van der Waals surface area contributed by atoms with Crippen LogP contribution in [0.2, 0.25) is 0 Å². The Morgan fingerprint density at radius 3 is 2.54 bits per heavy atom. The van der Waals surface area contributed by atoms with Gasteiger partial charge in [-0.2, -0.15) is 0 Å². The van der Waals surface area contributed by atoms with E-state index in [0.29, 0.717) is 18.5 Å². The van der Waals surface area contributed by atoms with Crippen molar-refractivity contribution in [2.75, 3.05) is 18.1 Å². The smallest absolute Gasteiger partial charge is 0.340 e. The van der Waals surface area contributed by atoms with Crippen LogP contribution in [-0.4, -0.2) is 55.4 Å². The van der Waals surface area contributed by atoms with Gasteiger partial charge in [0.1, 0.15) is 0 Å². The molecule has 0 unspecified atom stereocenters. The average molecular weight is 373 g/mol. The van der Waals surface area contributed by atoms with Crippen LogP contribution in [-0.2, 0) is 19.4 Å². The summed E-state index contributed by atoms with van der Waals surface area (Å²) in [4.78, 5) is 28.2. The van der Waals surface area contributed by atoms with Gasteiger partial charge in [-0.25, -0.2) is 13.2 Å². The lowest BCUT2D eigenvalue weighted by molar-refractivity contribution is -0.141. The van der Waals surface area contributed by atoms with Crippen molar-refractivity contribution in [2.45, 2.75) is 46.3 Å². The van der Waals surface area contributed by atoms with E-state index in [1.807, 2.05) is 13.8 Å². The lowest BCUT2D eigenvalue weighted by Gasteiger charge is -2.29. The fourth-order valence-electron chi connectivity index (χ4n) is 2.96. The molecule has 0 saturated carbocycles. The highest BCUT2D eigenvalue weighted by Gasteiger charge is 2.36. The number of amides is 1. The zero-order valence-electron chi connectivity index (χ0n) is 14.4. The van der Waals surface area contributed by atoms with Gasteiger partial charge in [0.2, 0.25) is 0 Å². The molecular formula is C16H23NO5S2. The number of sulfone groups is 1. The molecule has 1 aromatic rings. The van der Waals surface area contributed by atoms with Crippen molar-refractivity contribution >= 4 is 33.1 Å². The number of hydrogen-bond acceptors (Lipinski definition) is 6. The SMILES string of the molecule is CCN(C(=O)[C@H](C)OC(=O)c1cc(C)sc1C)[C@H]1CCS(=O)(=O)C1. The topological polar surface area (TPSA) is 80.8 Å². The van der Waals surface area contributed by atoms with E-state index in [9.17, 15) is 18.0 Å². The van der Waals surface area contributed by atoms with Crippen LogP contribution in [0.25, 0.3) is 0 Å². The normalized spacial score (nSPS) is 20.6. The van der Waals surface area contributed by atoms with Gasteiger partial charge in [-0.1, -0.05) is 0 Å². The fourth-order valence-corrected chi connectivity index (χ4v) is 5.60. The molecule has 0 spiro atoms. The number of thiophene rings is 1. The van der Waals surface area contributed by atoms with Crippen LogP contribution in [0.15, 0.2) is 6.07 Å². The molecule has 1 amide bonds. The second-order valence-corrected chi connectivity index (χ2v) is 9.74. The first-order chi connectivity index (χ1) is 11.1. The minimum Gasteiger partial charge on any atom is -0.449 e. The molecule has 2 rings (SSSR count). The summed E-state index contributed by atoms with van der Waals surface area (Å²) in [5.41, 5.74) is 0.476. The molecule has 24 heavy (non-hydrogen) atoms. The van der Waals surface area contributed by atoms with Crippen molar-refractivity contribution in [2.24, 2.45) is 0 Å². The van der Waals surface area contributed by atoms with Gasteiger partial charge in [-0.3, -0.25) is 4.79 Å². The molecule has 0 aromatic carbocycles. The molecule has 2 atom stereocenters. The van der Waals surface area contributed by atoms with Crippen molar-refractivity contribution in [1.29, 1.82) is 0 Å². The van der Waals surface area contributed by atoms with Crippen molar-refractivity contribution in [1.82, 2.24) is 4.90 Å². The van der Waals surface area contributed by atoms with Gasteiger partial charge in [0, 0.05) is 22.3 Å². The molecule has 2 heterocycles. The summed E-state index contributed by atoms with van der Waals surface area (Å²) in [5.74, 6) is -0.788. The number of hydrogen-bond donors (Lipinski definition) is 0. The number of carbonyl (C=O) groups is 2. The summed E-state index contributed by atoms with van der Waals surface area (Å²) in [5, 5.41) is 0. The van der Waals surface area contributed by atoms with E-state index in [0.717, 1.165) is 9.75 Å². The van der Waals surface area contributed by atoms with Crippen LogP contribution in [0.1, 0.15) is 40.4 Å². The Kier molecular flexibility index (Phi) is 5.70. The molecule has 1 fully saturated rings. The number of likely N-dealkylation sites (N-methyl/N-ethyl adjacent to an activating group) is 1. The van der Waals surface area contributed by atoms with Gasteiger partial charge in [0.05, 0.1) is 17.1 Å². The second-order valence-electron chi connectivity index (χ2n) is 6.06. The van der Waals surface area contributed by atoms with E-state index in [1.165, 1.54) is 23.2 Å². The van der Waals surface area contributed by atoms with E-state index in [2.05, 4.69) is 0 Å². The van der Waals surface area contributed by atoms with E-state index in [4.69, 9.17) is 4.74 Å². The first kappa shape index (κ1) is 18.9. The van der Waals surface area contributed by atoms with Crippen molar-refractivity contribution in [3.05, 3.63) is 21.4 Å². The average Bonchev–Trinajstić information content (AvgIpc) is 3.01. The molecule has 0 radical (unpaired) electrons. The summed E-state index contributed by atoms with van der Waals surface area (Å²) in [6.45, 7) is 7.45. The van der Waals surface area contributed by atoms with Crippen molar-refractivity contribution < 1.29 is 22.7 Å². The standard InChI is InChI=1S/C16H23NO5S2/c1-5-17(13-6-7-24(20,21)9-13)15(18)11(3)22-16(19)14-8-10(2)23-12(14)4/h8,11,13H,5-7,9H2,1-4H3/t11-,13-/m0/s1. The first-order valence-electron chi connectivity index (χ1n) is 7.93. The monoisotopic (exact) mass is 373 g/mol. The van der Waals surface area contributed by atoms with Crippen molar-refractivity contribution in [3.8, 4) is 0 Å². The molecule has 134 valence electrons. The predicted octanol–water partition coefficient (Wildman–Crippen LogP) is 1.95. The number of esters is 1. The van der Waals surface area contributed by atoms with Crippen LogP contribution in [0.4, 0.5) is 0 Å². The van der Waals surface area contributed by atoms with Gasteiger partial charge in [-0.05, 0) is 40.2 Å². The first-order valence-corrected chi connectivity index (χ1v) is 10.6. The number of nitrogens with zero attached hydrogens (tertiary/aromatic N) is 1. The Morgan fingerprint density at radius 2 is 2.08 bits per heavy atom. The van der Waals surface area contributed by atoms with Crippen LogP contribution >= 0.6 is 11.3 Å². The summed E-state index contributed by atoms with van der Waals surface area (Å²) < 4.78 is 28.6. The van der Waals surface area contributed by atoms with Crippen LogP contribution in [0.5, 0.6) is 0 Å². The lowest BCUT2D eigenvalue weighted by atomic mass is 10.2. The van der Waals surface area contributed by atoms with Crippen LogP contribution < -0.4 is 0 Å². The highest BCUT2D eigenvalue weighted by molar-refractivity contribution is 7.91. The summed E-state index contributed by atoms with van der Waals surface area (Å²) in [6, 6.07) is 1.42. The molecule has 1 aromatic heterocycles. The third-order valence-corrected chi connectivity index (χ3v) is 6.88. The molecule has 6 nitrogen and oxygen atoms in total. The second kappa shape index (κ2) is 7.23. The van der Waals surface area contributed by atoms with Gasteiger partial charge < -0.3 is 9.64 Å². The maximum Gasteiger partial charge on any atom is 0.340 e. The van der Waals surface area contributed by atoms with Crippen LogP contribution in [0.3, 0.4) is 0 Å². The molecular weight excluding hydrogens is 350 g/mol. The van der Waals surface area contributed by atoms with Crippen molar-refractivity contribution in [3.63, 3.8) is 0 Å². The number of rotatable bonds is 5. The van der Waals surface area contributed by atoms with E-state index in [-0.39, 0.29) is 23.5 Å². The molecule has 0 aliphatic carbocycles. The zero-order chi connectivity index (χ0) is 18.1. The molecule has 8 heteroatoms. The third-order valence-electron chi connectivity index (χ3n) is 4.17. The highest BCUT2D eigenvalue weighted by Crippen LogP contribution is 2.23. The summed E-state index contributed by atoms with van der Waals surface area (Å²) >= 11 is 1.50. The fraction of sp³-hybridized carbons (Fsp3) is 0.625. The minimum atomic E-state index is -3.08. The Labute approximate surface area is 146 Å². The summed E-state index contributed by atoms with van der Waals surface area (Å²) in [6.07, 6.45) is -0.508. The predicted molar refractivity (Wildman–Crippen MR) is 93.1 cm³/mol. The maximum absolute atomic E-state index is 12.6. The zero-order valence-corrected chi connectivity index (χ0v) is 16.0. The van der Waals surface area contributed by atoms with Crippen LogP contribution in [0, 0.1) is 13.8 Å². The minimum absolute atomic E-state index is 0.0178. The molecule has 1 aliphatic heterocycles. The summed E-state index contributed by atoms with van der Waals surface area (Å²) in [7, 11) is -3.08. The van der Waals surface area contributed by atoms with E-state index < -0.39 is 21.9 Å². The number of aryl methyl sites for hydroxylation is 2. The molecule has 1 aliphatic rings. The molecule has 0 N–H and O–H groups in total. The highest BCUT2D eigenvalue weighted by atomic mass is 32.2. The van der Waals surface area contributed by atoms with Gasteiger partial charge in [-0.15, -0.1) is 11.3 Å². The molecule has 1 saturated heterocycles. The molecule has 0 bridgehead atoms. The largest absolute Gasteiger partial charge is 0.449 e. The third kappa shape index (κ3) is 4.16. The maximum atomic E-state index is 12.6. The van der Waals surface area contributed by atoms with E-state index in [1.54, 1.807) is 13.0 Å². The van der Waals surface area contributed by atoms with Gasteiger partial charge in [0.25, 0.3) is 5.91 Å². The van der Waals surface area contributed by atoms with Gasteiger partial charge in [0.15, 0.2) is 15.9 Å². The quantitative estimate of drug-likeness (QED) is 0.737. The Balaban J connectivity index is 2.05. The Hall–Kier alpha value is -1.41. The number of carbonyl (C=O) groups excluding carboxylic acids is 2.